The lowest BCUT2D eigenvalue weighted by Crippen LogP contribution is -2.13. The van der Waals surface area contributed by atoms with Gasteiger partial charge in [-0.3, -0.25) is 4.79 Å². The second kappa shape index (κ2) is 8.67. The van der Waals surface area contributed by atoms with Crippen LogP contribution in [0.4, 0.5) is 5.69 Å². The van der Waals surface area contributed by atoms with Crippen molar-refractivity contribution in [2.75, 3.05) is 12.4 Å². The molecule has 0 aliphatic carbocycles. The molecule has 0 fully saturated rings. The number of carbonyl (C=O) groups is 2. The number of esters is 1. The Labute approximate surface area is 157 Å². The molecule has 27 heavy (non-hydrogen) atoms. The number of nitrogens with one attached hydrogen (secondary N) is 1. The summed E-state index contributed by atoms with van der Waals surface area (Å²) in [5, 5.41) is 2.85. The number of rotatable bonds is 6. The van der Waals surface area contributed by atoms with E-state index >= 15 is 0 Å². The lowest BCUT2D eigenvalue weighted by molar-refractivity contribution is 0.0600. The van der Waals surface area contributed by atoms with Gasteiger partial charge < -0.3 is 14.8 Å². The summed E-state index contributed by atoms with van der Waals surface area (Å²) >= 11 is 0. The fourth-order valence-corrected chi connectivity index (χ4v) is 2.50. The minimum atomic E-state index is -0.443. The van der Waals surface area contributed by atoms with E-state index in [1.807, 2.05) is 42.5 Å². The van der Waals surface area contributed by atoms with Crippen LogP contribution >= 0.6 is 0 Å². The van der Waals surface area contributed by atoms with Gasteiger partial charge in [0.05, 0.1) is 18.4 Å². The number of ether oxygens (including phenoxy) is 2. The van der Waals surface area contributed by atoms with Crippen LogP contribution in [0.3, 0.4) is 0 Å². The smallest absolute Gasteiger partial charge is 0.337 e. The van der Waals surface area contributed by atoms with Crippen molar-refractivity contribution in [1.82, 2.24) is 0 Å². The van der Waals surface area contributed by atoms with E-state index in [1.54, 1.807) is 36.4 Å². The molecular formula is C22H19NO4. The highest BCUT2D eigenvalue weighted by Crippen LogP contribution is 2.25. The highest BCUT2D eigenvalue weighted by molar-refractivity contribution is 6.05. The largest absolute Gasteiger partial charge is 0.487 e. The van der Waals surface area contributed by atoms with E-state index in [2.05, 4.69) is 10.1 Å². The first-order chi connectivity index (χ1) is 13.2. The first-order valence-electron chi connectivity index (χ1n) is 8.43. The molecule has 5 nitrogen and oxygen atoms in total. The maximum atomic E-state index is 12.5. The van der Waals surface area contributed by atoms with Gasteiger partial charge in [-0.05, 0) is 42.0 Å². The third-order valence-corrected chi connectivity index (χ3v) is 3.94. The Morgan fingerprint density at radius 2 is 1.44 bits per heavy atom. The molecule has 0 spiro atoms. The van der Waals surface area contributed by atoms with Crippen LogP contribution in [-0.4, -0.2) is 19.0 Å². The monoisotopic (exact) mass is 361 g/mol. The third-order valence-electron chi connectivity index (χ3n) is 3.94. The van der Waals surface area contributed by atoms with E-state index in [-0.39, 0.29) is 5.91 Å². The van der Waals surface area contributed by atoms with E-state index in [1.165, 1.54) is 7.11 Å². The fourth-order valence-electron chi connectivity index (χ4n) is 2.50. The maximum absolute atomic E-state index is 12.5. The molecule has 0 aromatic heterocycles. The maximum Gasteiger partial charge on any atom is 0.337 e. The number of benzene rings is 3. The molecule has 0 unspecified atom stereocenters. The van der Waals surface area contributed by atoms with E-state index in [0.29, 0.717) is 29.2 Å². The van der Waals surface area contributed by atoms with E-state index in [0.717, 1.165) is 5.56 Å². The van der Waals surface area contributed by atoms with Crippen LogP contribution in [0.25, 0.3) is 0 Å². The number of methoxy groups -OCH3 is 1. The van der Waals surface area contributed by atoms with Crippen molar-refractivity contribution >= 4 is 17.6 Å². The van der Waals surface area contributed by atoms with Gasteiger partial charge >= 0.3 is 5.97 Å². The van der Waals surface area contributed by atoms with Crippen LogP contribution in [0, 0.1) is 0 Å². The summed E-state index contributed by atoms with van der Waals surface area (Å²) < 4.78 is 10.5. The van der Waals surface area contributed by atoms with E-state index < -0.39 is 5.97 Å². The Kier molecular flexibility index (Phi) is 5.84. The number of para-hydroxylation sites is 2. The van der Waals surface area contributed by atoms with Crippen molar-refractivity contribution in [3.05, 3.63) is 95.6 Å². The third kappa shape index (κ3) is 4.73. The van der Waals surface area contributed by atoms with Gasteiger partial charge in [-0.15, -0.1) is 0 Å². The zero-order chi connectivity index (χ0) is 19.1. The molecule has 1 N–H and O–H groups in total. The summed E-state index contributed by atoms with van der Waals surface area (Å²) in [6, 6.07) is 23.3. The molecule has 3 aromatic rings. The van der Waals surface area contributed by atoms with Crippen LogP contribution in [0.5, 0.6) is 5.75 Å². The number of hydrogen-bond acceptors (Lipinski definition) is 4. The molecule has 5 heteroatoms. The van der Waals surface area contributed by atoms with E-state index in [9.17, 15) is 9.59 Å². The Balaban J connectivity index is 1.70. The Morgan fingerprint density at radius 3 is 2.15 bits per heavy atom. The number of carbonyl (C=O) groups excluding carboxylic acids is 2. The quantitative estimate of drug-likeness (QED) is 0.665. The Morgan fingerprint density at radius 1 is 0.815 bits per heavy atom. The van der Waals surface area contributed by atoms with Crippen LogP contribution in [0.2, 0.25) is 0 Å². The molecule has 0 heterocycles. The first kappa shape index (κ1) is 18.2. The van der Waals surface area contributed by atoms with E-state index in [4.69, 9.17) is 4.74 Å². The predicted octanol–water partition coefficient (Wildman–Crippen LogP) is 4.30. The van der Waals surface area contributed by atoms with Crippen LogP contribution in [-0.2, 0) is 11.3 Å². The van der Waals surface area contributed by atoms with Gasteiger partial charge in [-0.1, -0.05) is 42.5 Å². The minimum absolute atomic E-state index is 0.290. The first-order valence-corrected chi connectivity index (χ1v) is 8.43. The summed E-state index contributed by atoms with van der Waals surface area (Å²) in [6.45, 7) is 0.404. The highest BCUT2D eigenvalue weighted by atomic mass is 16.5. The van der Waals surface area contributed by atoms with Crippen molar-refractivity contribution in [1.29, 1.82) is 0 Å². The summed E-state index contributed by atoms with van der Waals surface area (Å²) in [6.07, 6.45) is 0. The fraction of sp³-hybridized carbons (Fsp3) is 0.0909. The molecule has 0 saturated heterocycles. The number of anilines is 1. The molecule has 1 amide bonds. The molecule has 0 radical (unpaired) electrons. The van der Waals surface area contributed by atoms with Crippen molar-refractivity contribution in [3.63, 3.8) is 0 Å². The van der Waals surface area contributed by atoms with Gasteiger partial charge in [0.15, 0.2) is 0 Å². The van der Waals surface area contributed by atoms with Crippen molar-refractivity contribution < 1.29 is 19.1 Å². The van der Waals surface area contributed by atoms with Gasteiger partial charge in [0.25, 0.3) is 5.91 Å². The highest BCUT2D eigenvalue weighted by Gasteiger charge is 2.11. The predicted molar refractivity (Wildman–Crippen MR) is 103 cm³/mol. The summed E-state index contributed by atoms with van der Waals surface area (Å²) in [4.78, 5) is 24.0. The molecule has 3 rings (SSSR count). The molecule has 0 aliphatic heterocycles. The zero-order valence-electron chi connectivity index (χ0n) is 14.8. The van der Waals surface area contributed by atoms with Crippen molar-refractivity contribution in [2.24, 2.45) is 0 Å². The lowest BCUT2D eigenvalue weighted by Gasteiger charge is -2.12. The van der Waals surface area contributed by atoms with Gasteiger partial charge in [-0.25, -0.2) is 4.79 Å². The Bertz CT molecular complexity index is 921. The molecule has 0 bridgehead atoms. The zero-order valence-corrected chi connectivity index (χ0v) is 14.8. The van der Waals surface area contributed by atoms with Crippen LogP contribution in [0.1, 0.15) is 26.3 Å². The van der Waals surface area contributed by atoms with Crippen LogP contribution < -0.4 is 10.1 Å². The average molecular weight is 361 g/mol. The van der Waals surface area contributed by atoms with Gasteiger partial charge in [0.1, 0.15) is 12.4 Å². The molecule has 0 aliphatic rings. The van der Waals surface area contributed by atoms with Crippen LogP contribution in [0.15, 0.2) is 78.9 Å². The number of hydrogen-bond donors (Lipinski definition) is 1. The number of amides is 1. The summed E-state index contributed by atoms with van der Waals surface area (Å²) in [5.41, 5.74) is 2.44. The average Bonchev–Trinajstić information content (AvgIpc) is 2.73. The topological polar surface area (TPSA) is 64.6 Å². The summed E-state index contributed by atoms with van der Waals surface area (Å²) in [5.74, 6) is -0.148. The Hall–Kier alpha value is -3.60. The molecule has 3 aromatic carbocycles. The normalized spacial score (nSPS) is 10.1. The van der Waals surface area contributed by atoms with Crippen molar-refractivity contribution in [2.45, 2.75) is 6.61 Å². The molecular weight excluding hydrogens is 342 g/mol. The standard InChI is InChI=1S/C22H19NO4/c1-26-22(25)18-13-11-17(12-14-18)21(24)23-19-9-5-6-10-20(19)27-15-16-7-3-2-4-8-16/h2-14H,15H2,1H3,(H,23,24). The molecule has 0 saturated carbocycles. The van der Waals surface area contributed by atoms with Gasteiger partial charge in [0.2, 0.25) is 0 Å². The molecule has 136 valence electrons. The lowest BCUT2D eigenvalue weighted by atomic mass is 10.1. The SMILES string of the molecule is COC(=O)c1ccc(C(=O)Nc2ccccc2OCc2ccccc2)cc1. The molecule has 0 atom stereocenters. The van der Waals surface area contributed by atoms with Gasteiger partial charge in [0, 0.05) is 5.56 Å². The second-order valence-electron chi connectivity index (χ2n) is 5.79. The van der Waals surface area contributed by atoms with Gasteiger partial charge in [-0.2, -0.15) is 0 Å². The second-order valence-corrected chi connectivity index (χ2v) is 5.79. The minimum Gasteiger partial charge on any atom is -0.487 e. The summed E-state index contributed by atoms with van der Waals surface area (Å²) in [7, 11) is 1.31. The van der Waals surface area contributed by atoms with Crippen molar-refractivity contribution in [3.8, 4) is 5.75 Å².